The number of aryl methyl sites for hydroxylation is 1. The molecule has 0 spiro atoms. The van der Waals surface area contributed by atoms with Gasteiger partial charge in [0.2, 0.25) is 5.95 Å². The van der Waals surface area contributed by atoms with Gasteiger partial charge >= 0.3 is 0 Å². The van der Waals surface area contributed by atoms with E-state index in [0.29, 0.717) is 21.9 Å². The molecule has 0 aliphatic heterocycles. The Hall–Kier alpha value is -1.88. The average molecular weight is 251 g/mol. The minimum Gasteiger partial charge on any atom is -0.339 e. The molecule has 0 saturated carbocycles. The lowest BCUT2D eigenvalue weighted by atomic mass is 10.2. The van der Waals surface area contributed by atoms with Crippen molar-refractivity contribution < 1.29 is 4.39 Å². The van der Waals surface area contributed by atoms with Crippen molar-refractivity contribution in [1.82, 2.24) is 19.7 Å². The molecule has 0 saturated heterocycles. The Morgan fingerprint density at radius 3 is 2.94 bits per heavy atom. The quantitative estimate of drug-likeness (QED) is 0.722. The third kappa shape index (κ3) is 1.59. The summed E-state index contributed by atoms with van der Waals surface area (Å²) in [7, 11) is 1.67. The predicted molar refractivity (Wildman–Crippen MR) is 63.3 cm³/mol. The van der Waals surface area contributed by atoms with Crippen molar-refractivity contribution in [3.63, 3.8) is 0 Å². The van der Waals surface area contributed by atoms with Crippen molar-refractivity contribution in [2.45, 2.75) is 0 Å². The van der Waals surface area contributed by atoms with E-state index in [1.54, 1.807) is 31.6 Å². The van der Waals surface area contributed by atoms with Crippen LogP contribution in [0.4, 0.5) is 4.39 Å². The predicted octanol–water partition coefficient (Wildman–Crippen LogP) is 2.76. The van der Waals surface area contributed by atoms with Gasteiger partial charge < -0.3 is 4.98 Å². The van der Waals surface area contributed by atoms with Gasteiger partial charge in [0.1, 0.15) is 5.65 Å². The number of aromatic amines is 1. The fourth-order valence-electron chi connectivity index (χ4n) is 1.78. The van der Waals surface area contributed by atoms with E-state index in [9.17, 15) is 4.39 Å². The van der Waals surface area contributed by atoms with E-state index < -0.39 is 5.95 Å². The number of pyridine rings is 1. The number of nitrogens with zero attached hydrogens (tertiary/aromatic N) is 3. The highest BCUT2D eigenvalue weighted by atomic mass is 35.5. The zero-order chi connectivity index (χ0) is 12.0. The standard InChI is InChI=1S/C11H8ClFN4/c1-17-5-7(10(13)16-17)9-4-6-8(12)2-3-14-11(6)15-9/h2-5H,1H3,(H,14,15). The molecule has 0 aliphatic rings. The summed E-state index contributed by atoms with van der Waals surface area (Å²) in [5, 5.41) is 5.01. The van der Waals surface area contributed by atoms with Crippen LogP contribution in [0.2, 0.25) is 5.02 Å². The summed E-state index contributed by atoms with van der Waals surface area (Å²) < 4.78 is 14.9. The summed E-state index contributed by atoms with van der Waals surface area (Å²) in [5.41, 5.74) is 1.66. The summed E-state index contributed by atoms with van der Waals surface area (Å²) in [6.45, 7) is 0. The molecule has 0 amide bonds. The molecule has 86 valence electrons. The fourth-order valence-corrected chi connectivity index (χ4v) is 1.98. The molecule has 0 fully saturated rings. The van der Waals surface area contributed by atoms with Crippen molar-refractivity contribution in [3.8, 4) is 11.3 Å². The normalized spacial score (nSPS) is 11.2. The number of hydrogen-bond donors (Lipinski definition) is 1. The Morgan fingerprint density at radius 1 is 1.47 bits per heavy atom. The first-order valence-electron chi connectivity index (χ1n) is 4.98. The number of hydrogen-bond acceptors (Lipinski definition) is 2. The van der Waals surface area contributed by atoms with Gasteiger partial charge in [0.25, 0.3) is 0 Å². The monoisotopic (exact) mass is 250 g/mol. The molecule has 1 N–H and O–H groups in total. The second-order valence-corrected chi connectivity index (χ2v) is 4.15. The molecule has 0 aromatic carbocycles. The van der Waals surface area contributed by atoms with Crippen LogP contribution < -0.4 is 0 Å². The maximum Gasteiger partial charge on any atom is 0.241 e. The third-order valence-corrected chi connectivity index (χ3v) is 2.88. The van der Waals surface area contributed by atoms with Gasteiger partial charge in [0, 0.05) is 24.8 Å². The first-order chi connectivity index (χ1) is 8.15. The Labute approximate surface area is 101 Å². The van der Waals surface area contributed by atoms with Gasteiger partial charge in [-0.05, 0) is 12.1 Å². The highest BCUT2D eigenvalue weighted by Gasteiger charge is 2.13. The highest BCUT2D eigenvalue weighted by molar-refractivity contribution is 6.35. The smallest absolute Gasteiger partial charge is 0.241 e. The number of rotatable bonds is 1. The summed E-state index contributed by atoms with van der Waals surface area (Å²) >= 11 is 6.03. The molecule has 0 atom stereocenters. The van der Waals surface area contributed by atoms with Crippen LogP contribution in [-0.4, -0.2) is 19.7 Å². The molecule has 17 heavy (non-hydrogen) atoms. The lowest BCUT2D eigenvalue weighted by Crippen LogP contribution is -1.86. The zero-order valence-corrected chi connectivity index (χ0v) is 9.66. The maximum absolute atomic E-state index is 13.5. The van der Waals surface area contributed by atoms with Crippen LogP contribution in [0.3, 0.4) is 0 Å². The van der Waals surface area contributed by atoms with Crippen LogP contribution in [-0.2, 0) is 7.05 Å². The van der Waals surface area contributed by atoms with Crippen molar-refractivity contribution in [3.05, 3.63) is 35.5 Å². The third-order valence-electron chi connectivity index (χ3n) is 2.55. The largest absolute Gasteiger partial charge is 0.339 e. The lowest BCUT2D eigenvalue weighted by molar-refractivity contribution is 0.555. The average Bonchev–Trinajstić information content (AvgIpc) is 2.82. The Bertz CT molecular complexity index is 701. The number of halogens is 2. The maximum atomic E-state index is 13.5. The van der Waals surface area contributed by atoms with Gasteiger partial charge in [-0.3, -0.25) is 4.68 Å². The van der Waals surface area contributed by atoms with Crippen molar-refractivity contribution in [2.24, 2.45) is 7.05 Å². The van der Waals surface area contributed by atoms with E-state index in [-0.39, 0.29) is 0 Å². The van der Waals surface area contributed by atoms with Crippen LogP contribution in [0.15, 0.2) is 24.5 Å². The van der Waals surface area contributed by atoms with Gasteiger partial charge in [0.05, 0.1) is 16.3 Å². The van der Waals surface area contributed by atoms with Crippen LogP contribution >= 0.6 is 11.6 Å². The molecule has 3 aromatic rings. The molecule has 0 aliphatic carbocycles. The van der Waals surface area contributed by atoms with E-state index in [1.165, 1.54) is 4.68 Å². The summed E-state index contributed by atoms with van der Waals surface area (Å²) in [6, 6.07) is 3.46. The SMILES string of the molecule is Cn1cc(-c2cc3c(Cl)ccnc3[nH]2)c(F)n1. The molecule has 0 unspecified atom stereocenters. The molecule has 3 aromatic heterocycles. The molecule has 0 bridgehead atoms. The van der Waals surface area contributed by atoms with Gasteiger partial charge in [-0.15, -0.1) is 5.10 Å². The van der Waals surface area contributed by atoms with Crippen molar-refractivity contribution in [1.29, 1.82) is 0 Å². The number of nitrogens with one attached hydrogen (secondary N) is 1. The van der Waals surface area contributed by atoms with E-state index in [1.807, 2.05) is 0 Å². The van der Waals surface area contributed by atoms with E-state index in [0.717, 1.165) is 5.39 Å². The second-order valence-electron chi connectivity index (χ2n) is 3.75. The van der Waals surface area contributed by atoms with Gasteiger partial charge in [0.15, 0.2) is 0 Å². The van der Waals surface area contributed by atoms with E-state index in [4.69, 9.17) is 11.6 Å². The first kappa shape index (κ1) is 10.3. The number of aromatic nitrogens is 4. The number of fused-ring (bicyclic) bond motifs is 1. The Balaban J connectivity index is 2.25. The van der Waals surface area contributed by atoms with Crippen LogP contribution in [0.1, 0.15) is 0 Å². The molecule has 4 nitrogen and oxygen atoms in total. The molecular weight excluding hydrogens is 243 g/mol. The minimum absolute atomic E-state index is 0.404. The molecule has 3 rings (SSSR count). The highest BCUT2D eigenvalue weighted by Crippen LogP contribution is 2.28. The van der Waals surface area contributed by atoms with Gasteiger partial charge in [-0.2, -0.15) is 4.39 Å². The summed E-state index contributed by atoms with van der Waals surface area (Å²) in [6.07, 6.45) is 3.21. The van der Waals surface area contributed by atoms with Crippen molar-refractivity contribution >= 4 is 22.6 Å². The van der Waals surface area contributed by atoms with E-state index >= 15 is 0 Å². The van der Waals surface area contributed by atoms with Gasteiger partial charge in [-0.1, -0.05) is 11.6 Å². The number of H-pyrrole nitrogens is 1. The fraction of sp³-hybridized carbons (Fsp3) is 0.0909. The van der Waals surface area contributed by atoms with Crippen molar-refractivity contribution in [2.75, 3.05) is 0 Å². The zero-order valence-electron chi connectivity index (χ0n) is 8.91. The van der Waals surface area contributed by atoms with Gasteiger partial charge in [-0.25, -0.2) is 4.98 Å². The Kier molecular flexibility index (Phi) is 2.16. The second kappa shape index (κ2) is 3.56. The molecular formula is C11H8ClFN4. The van der Waals surface area contributed by atoms with Crippen LogP contribution in [0.5, 0.6) is 0 Å². The van der Waals surface area contributed by atoms with Crippen LogP contribution in [0, 0.1) is 5.95 Å². The molecule has 3 heterocycles. The van der Waals surface area contributed by atoms with E-state index in [2.05, 4.69) is 15.1 Å². The minimum atomic E-state index is -0.518. The lowest BCUT2D eigenvalue weighted by Gasteiger charge is -1.89. The van der Waals surface area contributed by atoms with Crippen LogP contribution in [0.25, 0.3) is 22.3 Å². The summed E-state index contributed by atoms with van der Waals surface area (Å²) in [5.74, 6) is -0.518. The Morgan fingerprint density at radius 2 is 2.29 bits per heavy atom. The topological polar surface area (TPSA) is 46.5 Å². The molecule has 0 radical (unpaired) electrons. The first-order valence-corrected chi connectivity index (χ1v) is 5.35. The molecule has 6 heteroatoms. The summed E-state index contributed by atoms with van der Waals surface area (Å²) in [4.78, 5) is 7.15.